The van der Waals surface area contributed by atoms with Crippen LogP contribution in [0.3, 0.4) is 0 Å². The van der Waals surface area contributed by atoms with Crippen LogP contribution in [0.15, 0.2) is 49.2 Å². The maximum absolute atomic E-state index is 5.22. The van der Waals surface area contributed by atoms with Gasteiger partial charge in [-0.3, -0.25) is 4.98 Å². The molecule has 4 nitrogen and oxygen atoms in total. The van der Waals surface area contributed by atoms with E-state index in [2.05, 4.69) is 9.97 Å². The number of hydrogen-bond donors (Lipinski definition) is 1. The molecular weight excluding hydrogens is 204 g/mol. The van der Waals surface area contributed by atoms with E-state index < -0.39 is 0 Å². The van der Waals surface area contributed by atoms with Gasteiger partial charge in [0.1, 0.15) is 12.5 Å². The summed E-state index contributed by atoms with van der Waals surface area (Å²) in [5, 5.41) is 0. The van der Waals surface area contributed by atoms with Crippen molar-refractivity contribution in [3.63, 3.8) is 0 Å². The van der Waals surface area contributed by atoms with Crippen molar-refractivity contribution < 1.29 is 9.47 Å². The molecule has 2 aromatic heterocycles. The highest BCUT2D eigenvalue weighted by molar-refractivity contribution is 5.54. The minimum atomic E-state index is -0.356. The standard InChI is InChI=1S/C12H10N2O2/c1-2-10(13-5-1)11-4-3-9(8-14-11)12-15-6-7-16-12/h1-8,12-13H. The first-order valence-corrected chi connectivity index (χ1v) is 4.99. The van der Waals surface area contributed by atoms with E-state index in [1.807, 2.05) is 30.5 Å². The number of H-pyrrole nitrogens is 1. The molecule has 3 rings (SSSR count). The molecule has 0 saturated carbocycles. The second-order valence-corrected chi connectivity index (χ2v) is 3.44. The zero-order valence-corrected chi connectivity index (χ0v) is 8.46. The lowest BCUT2D eigenvalue weighted by atomic mass is 10.2. The van der Waals surface area contributed by atoms with Gasteiger partial charge in [-0.25, -0.2) is 0 Å². The average molecular weight is 214 g/mol. The van der Waals surface area contributed by atoms with E-state index >= 15 is 0 Å². The van der Waals surface area contributed by atoms with Gasteiger partial charge in [-0.15, -0.1) is 0 Å². The van der Waals surface area contributed by atoms with Gasteiger partial charge >= 0.3 is 0 Å². The fraction of sp³-hybridized carbons (Fsp3) is 0.0833. The number of nitrogens with one attached hydrogen (secondary N) is 1. The van der Waals surface area contributed by atoms with Crippen LogP contribution in [0, 0.1) is 0 Å². The summed E-state index contributed by atoms with van der Waals surface area (Å²) in [5.74, 6) is 0. The van der Waals surface area contributed by atoms with E-state index in [1.54, 1.807) is 6.20 Å². The minimum absolute atomic E-state index is 0.356. The largest absolute Gasteiger partial charge is 0.455 e. The van der Waals surface area contributed by atoms with Crippen molar-refractivity contribution in [2.45, 2.75) is 6.29 Å². The van der Waals surface area contributed by atoms with E-state index in [4.69, 9.17) is 9.47 Å². The van der Waals surface area contributed by atoms with E-state index in [-0.39, 0.29) is 6.29 Å². The van der Waals surface area contributed by atoms with Gasteiger partial charge < -0.3 is 14.5 Å². The maximum atomic E-state index is 5.22. The highest BCUT2D eigenvalue weighted by atomic mass is 16.7. The molecule has 4 heteroatoms. The van der Waals surface area contributed by atoms with Gasteiger partial charge in [0, 0.05) is 12.4 Å². The number of ether oxygens (including phenoxy) is 2. The summed E-state index contributed by atoms with van der Waals surface area (Å²) in [4.78, 5) is 7.45. The van der Waals surface area contributed by atoms with Crippen molar-refractivity contribution >= 4 is 0 Å². The quantitative estimate of drug-likeness (QED) is 0.835. The molecule has 3 heterocycles. The first-order valence-electron chi connectivity index (χ1n) is 4.99. The van der Waals surface area contributed by atoms with Gasteiger partial charge in [0.25, 0.3) is 6.29 Å². The summed E-state index contributed by atoms with van der Waals surface area (Å²) in [6, 6.07) is 7.80. The van der Waals surface area contributed by atoms with Gasteiger partial charge in [0.2, 0.25) is 0 Å². The fourth-order valence-corrected chi connectivity index (χ4v) is 1.59. The Bertz CT molecular complexity index is 480. The van der Waals surface area contributed by atoms with Gasteiger partial charge in [0.15, 0.2) is 0 Å². The van der Waals surface area contributed by atoms with Crippen LogP contribution < -0.4 is 0 Å². The molecule has 1 N–H and O–H groups in total. The van der Waals surface area contributed by atoms with Crippen molar-refractivity contribution in [1.82, 2.24) is 9.97 Å². The molecule has 0 saturated heterocycles. The SMILES string of the molecule is C1=COC(c2ccc(-c3ccc[nH]3)nc2)O1. The van der Waals surface area contributed by atoms with Crippen LogP contribution in [0.25, 0.3) is 11.4 Å². The maximum Gasteiger partial charge on any atom is 0.267 e. The normalized spacial score (nSPS) is 14.8. The number of hydrogen-bond acceptors (Lipinski definition) is 3. The molecule has 0 aliphatic carbocycles. The van der Waals surface area contributed by atoms with Crippen molar-refractivity contribution in [2.75, 3.05) is 0 Å². The lowest BCUT2D eigenvalue weighted by Gasteiger charge is -2.09. The Morgan fingerprint density at radius 1 is 1.12 bits per heavy atom. The lowest BCUT2D eigenvalue weighted by molar-refractivity contribution is -0.0248. The summed E-state index contributed by atoms with van der Waals surface area (Å²) in [6.45, 7) is 0. The minimum Gasteiger partial charge on any atom is -0.455 e. The second kappa shape index (κ2) is 3.73. The highest BCUT2D eigenvalue weighted by Gasteiger charge is 2.15. The number of rotatable bonds is 2. The Morgan fingerprint density at radius 3 is 2.62 bits per heavy atom. The molecule has 0 spiro atoms. The first-order chi connectivity index (χ1) is 7.93. The Labute approximate surface area is 92.5 Å². The number of aromatic amines is 1. The second-order valence-electron chi connectivity index (χ2n) is 3.44. The summed E-state index contributed by atoms with van der Waals surface area (Å²) in [7, 11) is 0. The van der Waals surface area contributed by atoms with Crippen LogP contribution >= 0.6 is 0 Å². The van der Waals surface area contributed by atoms with Crippen molar-refractivity contribution in [1.29, 1.82) is 0 Å². The van der Waals surface area contributed by atoms with Crippen LogP contribution in [0.5, 0.6) is 0 Å². The van der Waals surface area contributed by atoms with Crippen LogP contribution in [-0.2, 0) is 9.47 Å². The zero-order chi connectivity index (χ0) is 10.8. The third kappa shape index (κ3) is 1.54. The summed E-state index contributed by atoms with van der Waals surface area (Å²) < 4.78 is 10.4. The summed E-state index contributed by atoms with van der Waals surface area (Å²) in [6.07, 6.45) is 6.34. The molecule has 0 bridgehead atoms. The molecule has 0 atom stereocenters. The van der Waals surface area contributed by atoms with E-state index in [0.717, 1.165) is 17.0 Å². The van der Waals surface area contributed by atoms with Crippen molar-refractivity contribution in [2.24, 2.45) is 0 Å². The molecule has 0 fully saturated rings. The Balaban J connectivity index is 1.85. The predicted molar refractivity (Wildman–Crippen MR) is 58.1 cm³/mol. The van der Waals surface area contributed by atoms with Gasteiger partial charge in [-0.05, 0) is 24.3 Å². The Kier molecular flexibility index (Phi) is 2.11. The topological polar surface area (TPSA) is 47.1 Å². The molecule has 1 aliphatic rings. The predicted octanol–water partition coefficient (Wildman–Crippen LogP) is 2.59. The monoisotopic (exact) mass is 214 g/mol. The summed E-state index contributed by atoms with van der Waals surface area (Å²) >= 11 is 0. The zero-order valence-electron chi connectivity index (χ0n) is 8.46. The lowest BCUT2D eigenvalue weighted by Crippen LogP contribution is -1.98. The molecule has 0 radical (unpaired) electrons. The molecule has 2 aromatic rings. The molecule has 0 amide bonds. The van der Waals surface area contributed by atoms with Crippen molar-refractivity contribution in [3.05, 3.63) is 54.7 Å². The van der Waals surface area contributed by atoms with E-state index in [9.17, 15) is 0 Å². The van der Waals surface area contributed by atoms with Gasteiger partial charge in [-0.2, -0.15) is 0 Å². The fourth-order valence-electron chi connectivity index (χ4n) is 1.59. The third-order valence-corrected chi connectivity index (χ3v) is 2.39. The van der Waals surface area contributed by atoms with Gasteiger partial charge in [0.05, 0.1) is 17.0 Å². The molecular formula is C12H10N2O2. The van der Waals surface area contributed by atoms with Crippen LogP contribution in [0.2, 0.25) is 0 Å². The molecule has 1 aliphatic heterocycles. The van der Waals surface area contributed by atoms with Crippen LogP contribution in [-0.4, -0.2) is 9.97 Å². The number of nitrogens with zero attached hydrogens (tertiary/aromatic N) is 1. The summed E-state index contributed by atoms with van der Waals surface area (Å²) in [5.41, 5.74) is 2.80. The van der Waals surface area contributed by atoms with E-state index in [1.165, 1.54) is 12.5 Å². The smallest absolute Gasteiger partial charge is 0.267 e. The van der Waals surface area contributed by atoms with Crippen LogP contribution in [0.1, 0.15) is 11.9 Å². The third-order valence-electron chi connectivity index (χ3n) is 2.39. The van der Waals surface area contributed by atoms with Crippen LogP contribution in [0.4, 0.5) is 0 Å². The van der Waals surface area contributed by atoms with Gasteiger partial charge in [-0.1, -0.05) is 0 Å². The number of aromatic nitrogens is 2. The molecule has 16 heavy (non-hydrogen) atoms. The molecule has 0 aromatic carbocycles. The average Bonchev–Trinajstić information content (AvgIpc) is 3.03. The Hall–Kier alpha value is -2.23. The van der Waals surface area contributed by atoms with E-state index in [0.29, 0.717) is 0 Å². The highest BCUT2D eigenvalue weighted by Crippen LogP contribution is 2.24. The first kappa shape index (κ1) is 9.03. The molecule has 0 unspecified atom stereocenters. The molecule has 80 valence electrons. The Morgan fingerprint density at radius 2 is 2.00 bits per heavy atom. The number of pyridine rings is 1. The van der Waals surface area contributed by atoms with Crippen molar-refractivity contribution in [3.8, 4) is 11.4 Å².